The van der Waals surface area contributed by atoms with Crippen molar-refractivity contribution in [1.82, 2.24) is 4.90 Å². The molecule has 94 valence electrons. The Kier molecular flexibility index (Phi) is 3.45. The number of nitrogens with zero attached hydrogens (tertiary/aromatic N) is 1. The highest BCUT2D eigenvalue weighted by molar-refractivity contribution is 5.91. The van der Waals surface area contributed by atoms with E-state index in [2.05, 4.69) is 0 Å². The summed E-state index contributed by atoms with van der Waals surface area (Å²) in [6.07, 6.45) is 1.48. The molecular weight excluding hydrogens is 224 g/mol. The first-order valence-electron chi connectivity index (χ1n) is 5.12. The van der Waals surface area contributed by atoms with Crippen molar-refractivity contribution in [2.24, 2.45) is 17.6 Å². The van der Waals surface area contributed by atoms with Gasteiger partial charge >= 0.3 is 11.9 Å². The lowest BCUT2D eigenvalue weighted by atomic mass is 9.83. The molecule has 0 aromatic carbocycles. The second-order valence-electron chi connectivity index (χ2n) is 4.23. The Labute approximate surface area is 99.0 Å². The Bertz CT molecular complexity index is 423. The third-order valence-electron chi connectivity index (χ3n) is 2.74. The van der Waals surface area contributed by atoms with Crippen LogP contribution in [-0.2, 0) is 9.59 Å². The van der Waals surface area contributed by atoms with Crippen LogP contribution in [0.5, 0.6) is 0 Å². The second kappa shape index (κ2) is 4.48. The predicted molar refractivity (Wildman–Crippen MR) is 60.9 cm³/mol. The number of hydrogen-bond donors (Lipinski definition) is 3. The van der Waals surface area contributed by atoms with Crippen LogP contribution in [0.25, 0.3) is 0 Å². The van der Waals surface area contributed by atoms with E-state index in [9.17, 15) is 9.59 Å². The Morgan fingerprint density at radius 3 is 2.24 bits per heavy atom. The van der Waals surface area contributed by atoms with Crippen LogP contribution in [0.4, 0.5) is 0 Å². The minimum Gasteiger partial charge on any atom is -0.480 e. The Balaban J connectivity index is 3.44. The van der Waals surface area contributed by atoms with Gasteiger partial charge in [0.05, 0.1) is 5.57 Å². The van der Waals surface area contributed by atoms with Gasteiger partial charge in [0.1, 0.15) is 5.92 Å². The molecule has 0 aliphatic heterocycles. The number of carboxylic acids is 2. The summed E-state index contributed by atoms with van der Waals surface area (Å²) >= 11 is 0. The minimum absolute atomic E-state index is 0.0802. The van der Waals surface area contributed by atoms with Gasteiger partial charge in [-0.2, -0.15) is 0 Å². The van der Waals surface area contributed by atoms with Gasteiger partial charge in [0.2, 0.25) is 0 Å². The normalized spacial score (nSPS) is 24.3. The zero-order valence-electron chi connectivity index (χ0n) is 9.97. The van der Waals surface area contributed by atoms with E-state index in [1.165, 1.54) is 11.0 Å². The molecule has 0 radical (unpaired) electrons. The van der Waals surface area contributed by atoms with E-state index in [0.29, 0.717) is 0 Å². The van der Waals surface area contributed by atoms with E-state index < -0.39 is 23.8 Å². The fourth-order valence-corrected chi connectivity index (χ4v) is 2.08. The average molecular weight is 240 g/mol. The van der Waals surface area contributed by atoms with Crippen LogP contribution in [0.15, 0.2) is 23.0 Å². The zero-order chi connectivity index (χ0) is 13.3. The molecule has 17 heavy (non-hydrogen) atoms. The molecular formula is C11H16N2O4. The van der Waals surface area contributed by atoms with Gasteiger partial charge in [0.15, 0.2) is 0 Å². The SMILES string of the molecule is CC1C=C(N)C(C(=O)O)C(N(C)C)=C1C(=O)O. The van der Waals surface area contributed by atoms with Crippen LogP contribution in [0, 0.1) is 11.8 Å². The Morgan fingerprint density at radius 1 is 1.35 bits per heavy atom. The van der Waals surface area contributed by atoms with E-state index in [4.69, 9.17) is 15.9 Å². The molecule has 2 unspecified atom stereocenters. The molecule has 0 aromatic heterocycles. The molecule has 1 aliphatic rings. The van der Waals surface area contributed by atoms with E-state index in [-0.39, 0.29) is 17.0 Å². The number of nitrogens with two attached hydrogens (primary N) is 1. The van der Waals surface area contributed by atoms with Crippen molar-refractivity contribution in [2.75, 3.05) is 14.1 Å². The van der Waals surface area contributed by atoms with Crippen molar-refractivity contribution < 1.29 is 19.8 Å². The summed E-state index contributed by atoms with van der Waals surface area (Å²) in [5.74, 6) is -3.75. The predicted octanol–water partition coefficient (Wildman–Crippen LogP) is 0.0798. The van der Waals surface area contributed by atoms with Crippen molar-refractivity contribution in [2.45, 2.75) is 6.92 Å². The van der Waals surface area contributed by atoms with Crippen LogP contribution in [0.1, 0.15) is 6.92 Å². The number of carbonyl (C=O) groups is 2. The number of rotatable bonds is 3. The zero-order valence-corrected chi connectivity index (χ0v) is 9.97. The van der Waals surface area contributed by atoms with Gasteiger partial charge in [-0.1, -0.05) is 13.0 Å². The van der Waals surface area contributed by atoms with Crippen LogP contribution < -0.4 is 5.73 Å². The average Bonchev–Trinajstić information content (AvgIpc) is 2.14. The lowest BCUT2D eigenvalue weighted by molar-refractivity contribution is -0.139. The highest BCUT2D eigenvalue weighted by Crippen LogP contribution is 2.33. The number of aliphatic carboxylic acids is 2. The first kappa shape index (κ1) is 13.1. The van der Waals surface area contributed by atoms with E-state index in [0.717, 1.165) is 0 Å². The van der Waals surface area contributed by atoms with Gasteiger partial charge in [-0.3, -0.25) is 4.79 Å². The Morgan fingerprint density at radius 2 is 1.88 bits per heavy atom. The third-order valence-corrected chi connectivity index (χ3v) is 2.74. The molecule has 6 nitrogen and oxygen atoms in total. The highest BCUT2D eigenvalue weighted by atomic mass is 16.4. The van der Waals surface area contributed by atoms with Crippen molar-refractivity contribution >= 4 is 11.9 Å². The first-order chi connectivity index (χ1) is 7.77. The minimum atomic E-state index is -1.15. The van der Waals surface area contributed by atoms with Crippen LogP contribution in [0.2, 0.25) is 0 Å². The molecule has 0 saturated carbocycles. The van der Waals surface area contributed by atoms with Gasteiger partial charge in [-0.15, -0.1) is 0 Å². The van der Waals surface area contributed by atoms with E-state index in [1.807, 2.05) is 0 Å². The smallest absolute Gasteiger partial charge is 0.333 e. The second-order valence-corrected chi connectivity index (χ2v) is 4.23. The summed E-state index contributed by atoms with van der Waals surface area (Å²) in [6, 6.07) is 0. The fraction of sp³-hybridized carbons (Fsp3) is 0.455. The molecule has 1 rings (SSSR count). The number of hydrogen-bond acceptors (Lipinski definition) is 4. The van der Waals surface area contributed by atoms with Crippen LogP contribution in [-0.4, -0.2) is 41.1 Å². The van der Waals surface area contributed by atoms with E-state index >= 15 is 0 Å². The molecule has 4 N–H and O–H groups in total. The van der Waals surface area contributed by atoms with E-state index in [1.54, 1.807) is 21.0 Å². The molecule has 0 amide bonds. The molecule has 0 aromatic rings. The Hall–Kier alpha value is -1.98. The van der Waals surface area contributed by atoms with Crippen LogP contribution in [0.3, 0.4) is 0 Å². The first-order valence-corrected chi connectivity index (χ1v) is 5.12. The van der Waals surface area contributed by atoms with Crippen molar-refractivity contribution in [3.63, 3.8) is 0 Å². The largest absolute Gasteiger partial charge is 0.480 e. The van der Waals surface area contributed by atoms with Crippen molar-refractivity contribution in [3.05, 3.63) is 23.0 Å². The van der Waals surface area contributed by atoms with Gasteiger partial charge in [-0.05, 0) is 0 Å². The van der Waals surface area contributed by atoms with Gasteiger partial charge in [-0.25, -0.2) is 4.79 Å². The van der Waals surface area contributed by atoms with Gasteiger partial charge in [0, 0.05) is 31.4 Å². The quantitative estimate of drug-likeness (QED) is 0.645. The summed E-state index contributed by atoms with van der Waals surface area (Å²) < 4.78 is 0. The molecule has 0 heterocycles. The van der Waals surface area contributed by atoms with Gasteiger partial charge < -0.3 is 20.8 Å². The lowest BCUT2D eigenvalue weighted by Gasteiger charge is -2.31. The topological polar surface area (TPSA) is 104 Å². The summed E-state index contributed by atoms with van der Waals surface area (Å²) in [4.78, 5) is 23.9. The maximum atomic E-state index is 11.2. The summed E-state index contributed by atoms with van der Waals surface area (Å²) in [5, 5.41) is 18.3. The molecule has 1 aliphatic carbocycles. The number of allylic oxidation sites excluding steroid dienone is 1. The summed E-state index contributed by atoms with van der Waals surface area (Å²) in [7, 11) is 3.22. The maximum Gasteiger partial charge on any atom is 0.333 e. The third kappa shape index (κ3) is 2.25. The number of carboxylic acid groups (broad SMARTS) is 2. The van der Waals surface area contributed by atoms with Crippen molar-refractivity contribution in [3.8, 4) is 0 Å². The molecule has 2 atom stereocenters. The summed E-state index contributed by atoms with van der Waals surface area (Å²) in [6.45, 7) is 1.68. The monoisotopic (exact) mass is 240 g/mol. The highest BCUT2D eigenvalue weighted by Gasteiger charge is 2.36. The maximum absolute atomic E-state index is 11.2. The molecule has 0 bridgehead atoms. The molecule has 6 heteroatoms. The molecule has 0 spiro atoms. The molecule has 0 fully saturated rings. The molecule has 0 saturated heterocycles. The van der Waals surface area contributed by atoms with Crippen molar-refractivity contribution in [1.29, 1.82) is 0 Å². The van der Waals surface area contributed by atoms with Crippen LogP contribution >= 0.6 is 0 Å². The van der Waals surface area contributed by atoms with Gasteiger partial charge in [0.25, 0.3) is 0 Å². The lowest BCUT2D eigenvalue weighted by Crippen LogP contribution is -2.36. The standard InChI is InChI=1S/C11H16N2O4/c1-5-4-6(12)8(11(16)17)9(13(2)3)7(5)10(14)15/h4-5,8H,12H2,1-3H3,(H,14,15)(H,16,17). The fourth-order valence-electron chi connectivity index (χ4n) is 2.08. The summed E-state index contributed by atoms with van der Waals surface area (Å²) in [5.41, 5.74) is 6.18.